The van der Waals surface area contributed by atoms with Gasteiger partial charge in [-0.05, 0) is 31.2 Å². The van der Waals surface area contributed by atoms with Gasteiger partial charge >= 0.3 is 0 Å². The van der Waals surface area contributed by atoms with Crippen LogP contribution in [0.25, 0.3) is 0 Å². The molecule has 2 aromatic heterocycles. The first kappa shape index (κ1) is 22.5. The fourth-order valence-corrected chi connectivity index (χ4v) is 4.03. The van der Waals surface area contributed by atoms with Crippen LogP contribution < -0.4 is 9.47 Å². The van der Waals surface area contributed by atoms with Crippen LogP contribution in [0.1, 0.15) is 47.3 Å². The van der Waals surface area contributed by atoms with Crippen LogP contribution >= 0.6 is 0 Å². The van der Waals surface area contributed by atoms with Crippen molar-refractivity contribution in [3.63, 3.8) is 0 Å². The molecule has 2 fully saturated rings. The first-order chi connectivity index (χ1) is 15.7. The average molecular weight is 447 g/mol. The number of ether oxygens (including phenoxy) is 4. The van der Waals surface area contributed by atoms with Gasteiger partial charge in [0, 0.05) is 45.4 Å². The molecule has 4 rings (SSSR count). The number of likely N-dealkylation sites (tertiary alicyclic amines) is 1. The summed E-state index contributed by atoms with van der Waals surface area (Å²) in [5.74, 6) is 2.30. The van der Waals surface area contributed by atoms with Crippen molar-refractivity contribution in [2.45, 2.75) is 31.6 Å². The highest BCUT2D eigenvalue weighted by atomic mass is 16.5. The summed E-state index contributed by atoms with van der Waals surface area (Å²) in [7, 11) is 3.00. The Labute approximate surface area is 187 Å². The van der Waals surface area contributed by atoms with E-state index in [-0.39, 0.29) is 17.7 Å². The van der Waals surface area contributed by atoms with E-state index in [0.29, 0.717) is 55.2 Å². The van der Waals surface area contributed by atoms with Crippen molar-refractivity contribution in [1.82, 2.24) is 20.0 Å². The topological polar surface area (TPSA) is 109 Å². The Bertz CT molecular complexity index is 898. The Morgan fingerprint density at radius 3 is 2.78 bits per heavy atom. The summed E-state index contributed by atoms with van der Waals surface area (Å²) >= 11 is 0. The molecule has 4 heterocycles. The number of amides is 1. The smallest absolute Gasteiger partial charge is 0.259 e. The second-order valence-electron chi connectivity index (χ2n) is 8.08. The van der Waals surface area contributed by atoms with Crippen LogP contribution in [0.3, 0.4) is 0 Å². The lowest BCUT2D eigenvalue weighted by atomic mass is 10.0. The third-order valence-corrected chi connectivity index (χ3v) is 5.94. The summed E-state index contributed by atoms with van der Waals surface area (Å²) in [6.07, 6.45) is 3.49. The molecular weight excluding hydrogens is 416 g/mol. The Hall–Kier alpha value is -2.72. The number of rotatable bonds is 9. The lowest BCUT2D eigenvalue weighted by Crippen LogP contribution is -2.29. The molecule has 0 radical (unpaired) electrons. The summed E-state index contributed by atoms with van der Waals surface area (Å²) in [6.45, 7) is 4.07. The average Bonchev–Trinajstić information content (AvgIpc) is 3.51. The van der Waals surface area contributed by atoms with Gasteiger partial charge in [0.15, 0.2) is 5.82 Å². The molecule has 2 aliphatic rings. The quantitative estimate of drug-likeness (QED) is 0.535. The second kappa shape index (κ2) is 10.7. The number of pyridine rings is 1. The van der Waals surface area contributed by atoms with Gasteiger partial charge in [0.25, 0.3) is 5.91 Å². The molecular formula is C22H30N4O6. The van der Waals surface area contributed by atoms with Gasteiger partial charge in [0.2, 0.25) is 17.7 Å². The molecule has 0 spiro atoms. The fraction of sp³-hybridized carbons (Fsp3) is 0.636. The zero-order valence-corrected chi connectivity index (χ0v) is 18.6. The van der Waals surface area contributed by atoms with Crippen LogP contribution in [0.4, 0.5) is 0 Å². The maximum atomic E-state index is 13.0. The number of methoxy groups -OCH3 is 2. The van der Waals surface area contributed by atoms with Crippen LogP contribution in [-0.2, 0) is 15.9 Å². The number of hydrogen-bond acceptors (Lipinski definition) is 9. The SMILES string of the molecule is COc1ccc(C(=O)N2CCC(c3nc(CCOCC4CCOCC4)no3)C2)c(OC)n1. The normalized spacial score (nSPS) is 19.3. The van der Waals surface area contributed by atoms with Crippen molar-refractivity contribution in [3.05, 3.63) is 29.4 Å². The van der Waals surface area contributed by atoms with Crippen LogP contribution in [0.2, 0.25) is 0 Å². The van der Waals surface area contributed by atoms with Gasteiger partial charge < -0.3 is 28.4 Å². The van der Waals surface area contributed by atoms with Crippen molar-refractivity contribution in [2.75, 3.05) is 53.7 Å². The maximum Gasteiger partial charge on any atom is 0.259 e. The van der Waals surface area contributed by atoms with E-state index in [2.05, 4.69) is 15.1 Å². The summed E-state index contributed by atoms with van der Waals surface area (Å²) < 4.78 is 27.0. The van der Waals surface area contributed by atoms with Crippen molar-refractivity contribution in [2.24, 2.45) is 5.92 Å². The molecule has 0 N–H and O–H groups in total. The number of carbonyl (C=O) groups is 1. The van der Waals surface area contributed by atoms with Gasteiger partial charge in [-0.15, -0.1) is 0 Å². The summed E-state index contributed by atoms with van der Waals surface area (Å²) in [6, 6.07) is 3.32. The maximum absolute atomic E-state index is 13.0. The number of hydrogen-bond donors (Lipinski definition) is 0. The molecule has 10 heteroatoms. The van der Waals surface area contributed by atoms with Crippen LogP contribution in [-0.4, -0.2) is 79.7 Å². The van der Waals surface area contributed by atoms with Crippen LogP contribution in [0.15, 0.2) is 16.7 Å². The molecule has 0 bridgehead atoms. The Morgan fingerprint density at radius 1 is 1.16 bits per heavy atom. The molecule has 0 aromatic carbocycles. The van der Waals surface area contributed by atoms with E-state index in [1.54, 1.807) is 17.0 Å². The zero-order valence-electron chi connectivity index (χ0n) is 18.6. The highest BCUT2D eigenvalue weighted by Gasteiger charge is 2.33. The standard InChI is InChI=1S/C22H30N4O6/c1-28-19-4-3-17(21(24-19)29-2)22(27)26-9-5-16(13-26)20-23-18(25-32-20)8-12-31-14-15-6-10-30-11-7-15/h3-4,15-16H,5-14H2,1-2H3. The van der Waals surface area contributed by atoms with Crippen LogP contribution in [0.5, 0.6) is 11.8 Å². The molecule has 0 saturated carbocycles. The van der Waals surface area contributed by atoms with Gasteiger partial charge in [-0.25, -0.2) is 0 Å². The predicted octanol–water partition coefficient (Wildman–Crippen LogP) is 2.10. The van der Waals surface area contributed by atoms with Gasteiger partial charge in [0.1, 0.15) is 5.56 Å². The lowest BCUT2D eigenvalue weighted by molar-refractivity contribution is 0.0211. The molecule has 2 saturated heterocycles. The van der Waals surface area contributed by atoms with Crippen molar-refractivity contribution in [1.29, 1.82) is 0 Å². The molecule has 1 amide bonds. The first-order valence-electron chi connectivity index (χ1n) is 11.0. The van der Waals surface area contributed by atoms with E-state index in [1.807, 2.05) is 0 Å². The highest BCUT2D eigenvalue weighted by molar-refractivity contribution is 5.96. The van der Waals surface area contributed by atoms with Crippen LogP contribution in [0, 0.1) is 5.92 Å². The zero-order chi connectivity index (χ0) is 22.3. The minimum absolute atomic E-state index is 0.0144. The van der Waals surface area contributed by atoms with E-state index >= 15 is 0 Å². The Kier molecular flexibility index (Phi) is 7.54. The molecule has 0 aliphatic carbocycles. The van der Waals surface area contributed by atoms with Crippen molar-refractivity contribution in [3.8, 4) is 11.8 Å². The summed E-state index contributed by atoms with van der Waals surface area (Å²) in [4.78, 5) is 23.5. The van der Waals surface area contributed by atoms with Gasteiger partial charge in [-0.2, -0.15) is 9.97 Å². The molecule has 174 valence electrons. The number of carbonyl (C=O) groups excluding carboxylic acids is 1. The summed E-state index contributed by atoms with van der Waals surface area (Å²) in [5, 5.41) is 4.09. The second-order valence-corrected chi connectivity index (χ2v) is 8.08. The fourth-order valence-electron chi connectivity index (χ4n) is 4.03. The van der Waals surface area contributed by atoms with Crippen molar-refractivity contribution >= 4 is 5.91 Å². The highest BCUT2D eigenvalue weighted by Crippen LogP contribution is 2.29. The van der Waals surface area contributed by atoms with E-state index in [1.165, 1.54) is 14.2 Å². The third-order valence-electron chi connectivity index (χ3n) is 5.94. The molecule has 2 aromatic rings. The van der Waals surface area contributed by atoms with E-state index in [4.69, 9.17) is 23.5 Å². The Morgan fingerprint density at radius 2 is 2.00 bits per heavy atom. The van der Waals surface area contributed by atoms with E-state index < -0.39 is 0 Å². The van der Waals surface area contributed by atoms with Gasteiger partial charge in [-0.1, -0.05) is 5.16 Å². The number of nitrogens with zero attached hydrogens (tertiary/aromatic N) is 4. The molecule has 1 unspecified atom stereocenters. The predicted molar refractivity (Wildman–Crippen MR) is 113 cm³/mol. The van der Waals surface area contributed by atoms with E-state index in [0.717, 1.165) is 39.1 Å². The molecule has 2 aliphatic heterocycles. The van der Waals surface area contributed by atoms with Gasteiger partial charge in [0.05, 0.1) is 26.7 Å². The molecule has 1 atom stereocenters. The largest absolute Gasteiger partial charge is 0.481 e. The monoisotopic (exact) mass is 446 g/mol. The lowest BCUT2D eigenvalue weighted by Gasteiger charge is -2.21. The molecule has 32 heavy (non-hydrogen) atoms. The molecule has 10 nitrogen and oxygen atoms in total. The Balaban J connectivity index is 1.27. The minimum Gasteiger partial charge on any atom is -0.481 e. The van der Waals surface area contributed by atoms with Crippen molar-refractivity contribution < 1.29 is 28.3 Å². The summed E-state index contributed by atoms with van der Waals surface area (Å²) in [5.41, 5.74) is 0.404. The number of aromatic nitrogens is 3. The minimum atomic E-state index is -0.138. The van der Waals surface area contributed by atoms with E-state index in [9.17, 15) is 4.79 Å². The van der Waals surface area contributed by atoms with Gasteiger partial charge in [-0.3, -0.25) is 4.79 Å². The third kappa shape index (κ3) is 5.36. The first-order valence-corrected chi connectivity index (χ1v) is 11.0.